The van der Waals surface area contributed by atoms with Crippen molar-refractivity contribution in [1.29, 1.82) is 0 Å². The van der Waals surface area contributed by atoms with Gasteiger partial charge in [-0.15, -0.1) is 0 Å². The first-order chi connectivity index (χ1) is 15.6. The van der Waals surface area contributed by atoms with Gasteiger partial charge in [0.05, 0.1) is 35.3 Å². The van der Waals surface area contributed by atoms with Gasteiger partial charge >= 0.3 is 0 Å². The minimum Gasteiger partial charge on any atom is -0.292 e. The number of aromatic nitrogens is 2. The third-order valence-corrected chi connectivity index (χ3v) is 6.66. The Morgan fingerprint density at radius 1 is 1.09 bits per heavy atom. The summed E-state index contributed by atoms with van der Waals surface area (Å²) in [6, 6.07) is 14.3. The van der Waals surface area contributed by atoms with Crippen LogP contribution in [0.25, 0.3) is 0 Å². The quantitative estimate of drug-likeness (QED) is 0.582. The number of carbonyl (C=O) groups is 1. The predicted molar refractivity (Wildman–Crippen MR) is 125 cm³/mol. The topological polar surface area (TPSA) is 67.6 Å². The molecule has 32 heavy (non-hydrogen) atoms. The molecule has 6 rings (SSSR count). The molecule has 0 radical (unpaired) electrons. The average Bonchev–Trinajstić information content (AvgIpc) is 3.46. The second kappa shape index (κ2) is 7.30. The molecule has 1 saturated carbocycles. The van der Waals surface area contributed by atoms with Gasteiger partial charge in [-0.25, -0.2) is 4.99 Å². The summed E-state index contributed by atoms with van der Waals surface area (Å²) in [4.78, 5) is 31.8. The minimum atomic E-state index is -0.301. The van der Waals surface area contributed by atoms with E-state index < -0.39 is 0 Å². The van der Waals surface area contributed by atoms with E-state index in [4.69, 9.17) is 9.98 Å². The van der Waals surface area contributed by atoms with Crippen LogP contribution in [0.1, 0.15) is 70.9 Å². The lowest BCUT2D eigenvalue weighted by atomic mass is 9.94. The summed E-state index contributed by atoms with van der Waals surface area (Å²) in [7, 11) is 0. The Morgan fingerprint density at radius 3 is 2.78 bits per heavy atom. The molecule has 4 heterocycles. The maximum atomic E-state index is 13.2. The number of hydrogen-bond donors (Lipinski definition) is 0. The van der Waals surface area contributed by atoms with E-state index in [9.17, 15) is 4.79 Å². The lowest BCUT2D eigenvalue weighted by molar-refractivity contribution is -0.114. The Labute approximate surface area is 187 Å². The van der Waals surface area contributed by atoms with Crippen LogP contribution in [0.3, 0.4) is 0 Å². The van der Waals surface area contributed by atoms with Crippen molar-refractivity contribution in [3.8, 4) is 0 Å². The molecule has 5 nitrogen and oxygen atoms in total. The smallest absolute Gasteiger partial charge is 0.186 e. The number of nitrogens with zero attached hydrogens (tertiary/aromatic N) is 4. The Kier molecular flexibility index (Phi) is 4.39. The number of aliphatic imine (C=N–C) groups is 2. The molecular weight excluding hydrogens is 396 g/mol. The van der Waals surface area contributed by atoms with E-state index in [0.29, 0.717) is 24.6 Å². The van der Waals surface area contributed by atoms with E-state index in [1.54, 1.807) is 0 Å². The van der Waals surface area contributed by atoms with Gasteiger partial charge in [0, 0.05) is 41.1 Å². The lowest BCUT2D eigenvalue weighted by Crippen LogP contribution is -2.21. The molecule has 1 aromatic carbocycles. The number of carbonyl (C=O) groups excluding carboxylic acids is 1. The van der Waals surface area contributed by atoms with E-state index >= 15 is 0 Å². The third kappa shape index (κ3) is 3.29. The van der Waals surface area contributed by atoms with Crippen LogP contribution in [-0.2, 0) is 17.8 Å². The van der Waals surface area contributed by atoms with Crippen molar-refractivity contribution < 1.29 is 4.79 Å². The number of fused-ring (bicyclic) bond motifs is 2. The summed E-state index contributed by atoms with van der Waals surface area (Å²) >= 11 is 0. The molecule has 1 fully saturated rings. The lowest BCUT2D eigenvalue weighted by Gasteiger charge is -2.10. The minimum absolute atomic E-state index is 0.0524. The highest BCUT2D eigenvalue weighted by Crippen LogP contribution is 2.40. The normalized spacial score (nSPS) is 17.4. The standard InChI is InChI=1S/C27H24N4O/c1-15-4-3-5-22(30-15)16(2)27(32)25-12-19-10-20-14-29-26(21(20)13-24(19)31-25)18-8-9-28-23(11-18)17-6-7-17/h3-5,8-11,13,16-17H,6-7,12,14H2,1-2H3/t16-/m1/s1. The van der Waals surface area contributed by atoms with Crippen LogP contribution in [-0.4, -0.2) is 27.2 Å². The number of hydrogen-bond acceptors (Lipinski definition) is 5. The number of Topliss-reactive ketones (excluding diaryl/α,β-unsaturated/α-hetero) is 1. The largest absolute Gasteiger partial charge is 0.292 e. The Hall–Kier alpha value is -3.47. The van der Waals surface area contributed by atoms with Gasteiger partial charge in [-0.05, 0) is 68.1 Å². The van der Waals surface area contributed by atoms with Crippen molar-refractivity contribution in [2.75, 3.05) is 0 Å². The van der Waals surface area contributed by atoms with Crippen LogP contribution in [0.4, 0.5) is 5.69 Å². The summed E-state index contributed by atoms with van der Waals surface area (Å²) in [6.45, 7) is 4.54. The van der Waals surface area contributed by atoms with Crippen molar-refractivity contribution in [3.05, 3.63) is 88.0 Å². The Balaban J connectivity index is 1.29. The first-order valence-corrected chi connectivity index (χ1v) is 11.3. The molecule has 0 amide bonds. The second-order valence-electron chi connectivity index (χ2n) is 9.07. The van der Waals surface area contributed by atoms with Crippen LogP contribution in [0.5, 0.6) is 0 Å². The fourth-order valence-electron chi connectivity index (χ4n) is 4.67. The number of benzene rings is 1. The Bertz CT molecular complexity index is 1330. The maximum absolute atomic E-state index is 13.2. The van der Waals surface area contributed by atoms with E-state index in [0.717, 1.165) is 39.5 Å². The van der Waals surface area contributed by atoms with Crippen molar-refractivity contribution >= 4 is 22.9 Å². The molecule has 5 heteroatoms. The highest BCUT2D eigenvalue weighted by Gasteiger charge is 2.30. The monoisotopic (exact) mass is 420 g/mol. The van der Waals surface area contributed by atoms with Gasteiger partial charge in [-0.2, -0.15) is 0 Å². The average molecular weight is 421 g/mol. The van der Waals surface area contributed by atoms with Gasteiger partial charge in [0.25, 0.3) is 0 Å². The van der Waals surface area contributed by atoms with E-state index in [2.05, 4.69) is 28.2 Å². The summed E-state index contributed by atoms with van der Waals surface area (Å²) in [5.41, 5.74) is 9.99. The molecule has 1 atom stereocenters. The molecule has 0 unspecified atom stereocenters. The SMILES string of the molecule is Cc1cccc([C@@H](C)C(=O)C2=Nc3cc4c(cc3C2)CN=C4c2ccnc(C3CC3)c2)n1. The molecule has 0 N–H and O–H groups in total. The molecule has 1 aliphatic carbocycles. The summed E-state index contributed by atoms with van der Waals surface area (Å²) < 4.78 is 0. The fraction of sp³-hybridized carbons (Fsp3) is 0.296. The predicted octanol–water partition coefficient (Wildman–Crippen LogP) is 5.01. The van der Waals surface area contributed by atoms with Gasteiger partial charge in [0.15, 0.2) is 5.78 Å². The van der Waals surface area contributed by atoms with Crippen LogP contribution < -0.4 is 0 Å². The highest BCUT2D eigenvalue weighted by molar-refractivity contribution is 6.43. The zero-order valence-corrected chi connectivity index (χ0v) is 18.3. The van der Waals surface area contributed by atoms with Gasteiger partial charge in [-0.1, -0.05) is 12.1 Å². The van der Waals surface area contributed by atoms with Crippen LogP contribution in [0, 0.1) is 6.92 Å². The van der Waals surface area contributed by atoms with E-state index in [-0.39, 0.29) is 11.7 Å². The van der Waals surface area contributed by atoms with E-state index in [1.165, 1.54) is 24.1 Å². The first-order valence-electron chi connectivity index (χ1n) is 11.3. The molecule has 0 spiro atoms. The Morgan fingerprint density at radius 2 is 1.97 bits per heavy atom. The van der Waals surface area contributed by atoms with Gasteiger partial charge in [0.2, 0.25) is 0 Å². The molecule has 2 aliphatic heterocycles. The summed E-state index contributed by atoms with van der Waals surface area (Å²) in [6.07, 6.45) is 4.94. The van der Waals surface area contributed by atoms with Gasteiger partial charge < -0.3 is 0 Å². The van der Waals surface area contributed by atoms with Crippen molar-refractivity contribution in [3.63, 3.8) is 0 Å². The highest BCUT2D eigenvalue weighted by atomic mass is 16.1. The summed E-state index contributed by atoms with van der Waals surface area (Å²) in [5, 5.41) is 0. The zero-order chi connectivity index (χ0) is 21.8. The van der Waals surface area contributed by atoms with Crippen LogP contribution in [0.2, 0.25) is 0 Å². The van der Waals surface area contributed by atoms with Crippen molar-refractivity contribution in [1.82, 2.24) is 9.97 Å². The first kappa shape index (κ1) is 19.2. The molecule has 3 aromatic rings. The number of ketones is 1. The molecule has 158 valence electrons. The van der Waals surface area contributed by atoms with Crippen LogP contribution >= 0.6 is 0 Å². The van der Waals surface area contributed by atoms with Crippen LogP contribution in [0.15, 0.2) is 58.6 Å². The molecular formula is C27H24N4O. The maximum Gasteiger partial charge on any atom is 0.186 e. The van der Waals surface area contributed by atoms with Gasteiger partial charge in [-0.3, -0.25) is 19.8 Å². The zero-order valence-electron chi connectivity index (χ0n) is 18.3. The molecule has 0 bridgehead atoms. The van der Waals surface area contributed by atoms with Crippen molar-refractivity contribution in [2.45, 2.75) is 51.5 Å². The fourth-order valence-corrected chi connectivity index (χ4v) is 4.67. The molecule has 0 saturated heterocycles. The molecule has 3 aliphatic rings. The number of rotatable bonds is 5. The summed E-state index contributed by atoms with van der Waals surface area (Å²) in [5.74, 6) is 0.362. The number of aryl methyl sites for hydroxylation is 1. The third-order valence-electron chi connectivity index (χ3n) is 6.66. The molecule has 2 aromatic heterocycles. The van der Waals surface area contributed by atoms with Gasteiger partial charge in [0.1, 0.15) is 0 Å². The van der Waals surface area contributed by atoms with Crippen molar-refractivity contribution in [2.24, 2.45) is 9.98 Å². The number of pyridine rings is 2. The van der Waals surface area contributed by atoms with E-state index in [1.807, 2.05) is 44.3 Å². The second-order valence-corrected chi connectivity index (χ2v) is 9.07.